The molecule has 1 heterocycles. The molecule has 1 saturated heterocycles. The molecule has 0 spiro atoms. The number of nitrogens with zero attached hydrogens (tertiary/aromatic N) is 2. The highest BCUT2D eigenvalue weighted by molar-refractivity contribution is 6.05. The number of nitrogens with one attached hydrogen (secondary N) is 1. The van der Waals surface area contributed by atoms with Crippen LogP contribution in [0.3, 0.4) is 0 Å². The predicted octanol–water partition coefficient (Wildman–Crippen LogP) is 2.27. The summed E-state index contributed by atoms with van der Waals surface area (Å²) in [6, 6.07) is 5.66. The summed E-state index contributed by atoms with van der Waals surface area (Å²) in [5.74, 6) is -1.23. The first-order valence-corrected chi connectivity index (χ1v) is 10.2. The Labute approximate surface area is 171 Å². The summed E-state index contributed by atoms with van der Waals surface area (Å²) in [6.45, 7) is 3.91. The Morgan fingerprint density at radius 2 is 1.72 bits per heavy atom. The molecule has 0 unspecified atom stereocenters. The van der Waals surface area contributed by atoms with E-state index in [2.05, 4.69) is 5.32 Å². The summed E-state index contributed by atoms with van der Waals surface area (Å²) in [4.78, 5) is 52.3. The molecule has 2 aliphatic rings. The maximum atomic E-state index is 12.5. The van der Waals surface area contributed by atoms with Crippen LogP contribution in [-0.2, 0) is 19.2 Å². The second kappa shape index (κ2) is 8.76. The summed E-state index contributed by atoms with van der Waals surface area (Å²) in [6.07, 6.45) is 3.51. The molecule has 2 fully saturated rings. The number of aryl methyl sites for hydroxylation is 1. The van der Waals surface area contributed by atoms with Crippen LogP contribution in [0.5, 0.6) is 0 Å². The number of likely N-dealkylation sites (tertiary alicyclic amines) is 1. The van der Waals surface area contributed by atoms with Gasteiger partial charge in [0.05, 0.1) is 18.4 Å². The fourth-order valence-corrected chi connectivity index (χ4v) is 4.23. The topological polar surface area (TPSA) is 86.8 Å². The van der Waals surface area contributed by atoms with E-state index in [-0.39, 0.29) is 55.0 Å². The van der Waals surface area contributed by atoms with Gasteiger partial charge in [-0.15, -0.1) is 0 Å². The lowest BCUT2D eigenvalue weighted by Crippen LogP contribution is -2.38. The minimum Gasteiger partial charge on any atom is -0.336 e. The van der Waals surface area contributed by atoms with Gasteiger partial charge in [0, 0.05) is 25.7 Å². The van der Waals surface area contributed by atoms with Crippen LogP contribution in [0.2, 0.25) is 0 Å². The molecule has 1 aromatic carbocycles. The fourth-order valence-electron chi connectivity index (χ4n) is 4.23. The summed E-state index contributed by atoms with van der Waals surface area (Å²) in [5.41, 5.74) is 2.79. The molecule has 1 aromatic rings. The molecule has 29 heavy (non-hydrogen) atoms. The van der Waals surface area contributed by atoms with Gasteiger partial charge < -0.3 is 10.2 Å². The van der Waals surface area contributed by atoms with E-state index in [1.54, 1.807) is 7.05 Å². The van der Waals surface area contributed by atoms with Crippen LogP contribution in [0, 0.1) is 25.7 Å². The van der Waals surface area contributed by atoms with Gasteiger partial charge in [-0.1, -0.05) is 25.0 Å². The van der Waals surface area contributed by atoms with E-state index in [0.29, 0.717) is 0 Å². The standard InChI is InChI=1S/C22H29N3O4/c1-14-7-6-10-18(15(14)2)23-19(26)13-24(3)20(27)11-12-25-21(28)16-8-4-5-9-17(16)22(25)29/h6-7,10,16-17H,4-5,8-9,11-13H2,1-3H3,(H,23,26)/t16-,17+. The number of hydrogen-bond donors (Lipinski definition) is 1. The number of carbonyl (C=O) groups excluding carboxylic acids is 4. The number of amides is 4. The van der Waals surface area contributed by atoms with Gasteiger partial charge in [-0.25, -0.2) is 0 Å². The fraction of sp³-hybridized carbons (Fsp3) is 0.545. The third-order valence-electron chi connectivity index (χ3n) is 6.17. The van der Waals surface area contributed by atoms with Crippen molar-refractivity contribution in [3.8, 4) is 0 Å². The third kappa shape index (κ3) is 4.49. The first-order valence-electron chi connectivity index (χ1n) is 10.2. The lowest BCUT2D eigenvalue weighted by atomic mass is 9.81. The zero-order chi connectivity index (χ0) is 21.1. The Hall–Kier alpha value is -2.70. The molecule has 156 valence electrons. The average Bonchev–Trinajstić information content (AvgIpc) is 2.94. The number of hydrogen-bond acceptors (Lipinski definition) is 4. The second-order valence-corrected chi connectivity index (χ2v) is 8.12. The maximum Gasteiger partial charge on any atom is 0.243 e. The number of benzene rings is 1. The van der Waals surface area contributed by atoms with Crippen LogP contribution in [0.1, 0.15) is 43.2 Å². The number of carbonyl (C=O) groups is 4. The summed E-state index contributed by atoms with van der Waals surface area (Å²) in [5, 5.41) is 2.83. The normalized spacial score (nSPS) is 21.1. The van der Waals surface area contributed by atoms with Crippen molar-refractivity contribution in [3.05, 3.63) is 29.3 Å². The Morgan fingerprint density at radius 3 is 2.34 bits per heavy atom. The first kappa shape index (κ1) is 21.0. The van der Waals surface area contributed by atoms with Gasteiger partial charge in [-0.05, 0) is 43.9 Å². The van der Waals surface area contributed by atoms with E-state index in [4.69, 9.17) is 0 Å². The van der Waals surface area contributed by atoms with Crippen molar-refractivity contribution < 1.29 is 19.2 Å². The minimum atomic E-state index is -0.283. The van der Waals surface area contributed by atoms with Gasteiger partial charge in [-0.2, -0.15) is 0 Å². The smallest absolute Gasteiger partial charge is 0.243 e. The summed E-state index contributed by atoms with van der Waals surface area (Å²) >= 11 is 0. The molecule has 3 rings (SSSR count). The Balaban J connectivity index is 1.50. The Morgan fingerprint density at radius 1 is 1.10 bits per heavy atom. The molecule has 4 amide bonds. The van der Waals surface area contributed by atoms with Crippen LogP contribution in [0.25, 0.3) is 0 Å². The third-order valence-corrected chi connectivity index (χ3v) is 6.17. The van der Waals surface area contributed by atoms with E-state index < -0.39 is 0 Å². The molecular weight excluding hydrogens is 370 g/mol. The summed E-state index contributed by atoms with van der Waals surface area (Å²) < 4.78 is 0. The van der Waals surface area contributed by atoms with Crippen molar-refractivity contribution in [3.63, 3.8) is 0 Å². The quantitative estimate of drug-likeness (QED) is 0.744. The molecule has 0 bridgehead atoms. The van der Waals surface area contributed by atoms with Gasteiger partial charge in [0.25, 0.3) is 0 Å². The zero-order valence-corrected chi connectivity index (χ0v) is 17.4. The first-order chi connectivity index (χ1) is 13.8. The summed E-state index contributed by atoms with van der Waals surface area (Å²) in [7, 11) is 1.55. The van der Waals surface area contributed by atoms with E-state index >= 15 is 0 Å². The van der Waals surface area contributed by atoms with Gasteiger partial charge in [0.1, 0.15) is 0 Å². The van der Waals surface area contributed by atoms with E-state index in [1.807, 2.05) is 32.0 Å². The Kier molecular flexibility index (Phi) is 6.35. The lowest BCUT2D eigenvalue weighted by Gasteiger charge is -2.20. The van der Waals surface area contributed by atoms with Crippen molar-refractivity contribution >= 4 is 29.3 Å². The zero-order valence-electron chi connectivity index (χ0n) is 17.4. The number of anilines is 1. The number of imide groups is 1. The van der Waals surface area contributed by atoms with E-state index in [0.717, 1.165) is 42.5 Å². The maximum absolute atomic E-state index is 12.5. The molecule has 2 atom stereocenters. The van der Waals surface area contributed by atoms with Gasteiger partial charge in [-0.3, -0.25) is 24.1 Å². The second-order valence-electron chi connectivity index (χ2n) is 8.12. The van der Waals surface area contributed by atoms with Crippen LogP contribution < -0.4 is 5.32 Å². The lowest BCUT2D eigenvalue weighted by molar-refractivity contribution is -0.141. The Bertz CT molecular complexity index is 811. The van der Waals surface area contributed by atoms with Crippen LogP contribution in [0.15, 0.2) is 18.2 Å². The number of fused-ring (bicyclic) bond motifs is 1. The van der Waals surface area contributed by atoms with E-state index in [1.165, 1.54) is 9.80 Å². The van der Waals surface area contributed by atoms with E-state index in [9.17, 15) is 19.2 Å². The van der Waals surface area contributed by atoms with Gasteiger partial charge >= 0.3 is 0 Å². The highest BCUT2D eigenvalue weighted by atomic mass is 16.2. The van der Waals surface area contributed by atoms with Crippen molar-refractivity contribution in [2.45, 2.75) is 46.0 Å². The molecule has 1 saturated carbocycles. The molecule has 1 N–H and O–H groups in total. The molecule has 0 aromatic heterocycles. The van der Waals surface area contributed by atoms with Crippen molar-refractivity contribution in [2.75, 3.05) is 25.5 Å². The molecule has 0 radical (unpaired) electrons. The largest absolute Gasteiger partial charge is 0.336 e. The SMILES string of the molecule is Cc1cccc(NC(=O)CN(C)C(=O)CCN2C(=O)[C@H]3CCCC[C@H]3C2=O)c1C. The van der Waals surface area contributed by atoms with Crippen molar-refractivity contribution in [1.82, 2.24) is 9.80 Å². The predicted molar refractivity (Wildman–Crippen MR) is 109 cm³/mol. The monoisotopic (exact) mass is 399 g/mol. The van der Waals surface area contributed by atoms with Crippen LogP contribution in [0.4, 0.5) is 5.69 Å². The van der Waals surface area contributed by atoms with Crippen LogP contribution in [-0.4, -0.2) is 53.6 Å². The van der Waals surface area contributed by atoms with Crippen molar-refractivity contribution in [1.29, 1.82) is 0 Å². The van der Waals surface area contributed by atoms with Crippen LogP contribution >= 0.6 is 0 Å². The van der Waals surface area contributed by atoms with Crippen molar-refractivity contribution in [2.24, 2.45) is 11.8 Å². The molecule has 1 aliphatic carbocycles. The highest BCUT2D eigenvalue weighted by Crippen LogP contribution is 2.37. The number of likely N-dealkylation sites (N-methyl/N-ethyl adjacent to an activating group) is 1. The van der Waals surface area contributed by atoms with Gasteiger partial charge in [0.2, 0.25) is 23.6 Å². The minimum absolute atomic E-state index is 0.0319. The molecular formula is C22H29N3O4. The average molecular weight is 399 g/mol. The molecule has 7 nitrogen and oxygen atoms in total. The molecule has 1 aliphatic heterocycles. The highest BCUT2D eigenvalue weighted by Gasteiger charge is 2.47. The number of rotatable bonds is 6. The molecule has 7 heteroatoms. The van der Waals surface area contributed by atoms with Gasteiger partial charge in [0.15, 0.2) is 0 Å².